The highest BCUT2D eigenvalue weighted by Gasteiger charge is 2.53. The maximum absolute atomic E-state index is 5.52. The summed E-state index contributed by atoms with van der Waals surface area (Å²) in [5, 5.41) is 0. The van der Waals surface area contributed by atoms with Crippen LogP contribution in [0.25, 0.3) is 16.7 Å². The number of fused-ring (bicyclic) bond motifs is 8. The Bertz CT molecular complexity index is 2790. The van der Waals surface area contributed by atoms with E-state index in [1.807, 2.05) is 19.1 Å². The quantitative estimate of drug-likeness (QED) is 0.145. The van der Waals surface area contributed by atoms with Crippen molar-refractivity contribution in [1.82, 2.24) is 0 Å². The van der Waals surface area contributed by atoms with Gasteiger partial charge in [0.2, 0.25) is 0 Å². The summed E-state index contributed by atoms with van der Waals surface area (Å²) in [6.07, 6.45) is 22.3. The van der Waals surface area contributed by atoms with E-state index in [4.69, 9.17) is 12.3 Å². The maximum atomic E-state index is 5.52. The molecule has 0 saturated carbocycles. The Balaban J connectivity index is 0.000000264. The number of allylic oxidation sites excluding steroid dienone is 7. The van der Waals surface area contributed by atoms with E-state index >= 15 is 0 Å². The Kier molecular flexibility index (Phi) is 19.0. The fourth-order valence-electron chi connectivity index (χ4n) is 14.7. The fourth-order valence-corrected chi connectivity index (χ4v) is 14.7. The average Bonchev–Trinajstić information content (AvgIpc) is 3.78. The first-order valence-corrected chi connectivity index (χ1v) is 30.3. The van der Waals surface area contributed by atoms with Gasteiger partial charge in [0.25, 0.3) is 0 Å². The van der Waals surface area contributed by atoms with Crippen molar-refractivity contribution in [1.29, 1.82) is 0 Å². The van der Waals surface area contributed by atoms with E-state index in [1.54, 1.807) is 61.2 Å². The number of rotatable bonds is 7. The minimum absolute atomic E-state index is 0.194. The van der Waals surface area contributed by atoms with Gasteiger partial charge in [0.1, 0.15) is 0 Å². The van der Waals surface area contributed by atoms with Crippen LogP contribution < -0.4 is 5.73 Å². The molecule has 4 aromatic carbocycles. The molecule has 3 unspecified atom stereocenters. The van der Waals surface area contributed by atoms with Gasteiger partial charge in [0, 0.05) is 5.69 Å². The van der Waals surface area contributed by atoms with E-state index in [1.165, 1.54) is 125 Å². The van der Waals surface area contributed by atoms with Crippen molar-refractivity contribution in [3.05, 3.63) is 174 Å². The van der Waals surface area contributed by atoms with E-state index in [2.05, 4.69) is 181 Å². The van der Waals surface area contributed by atoms with Crippen LogP contribution in [-0.4, -0.2) is 0 Å². The summed E-state index contributed by atoms with van der Waals surface area (Å²) in [4.78, 5) is 0. The molecule has 0 radical (unpaired) electrons. The molecular weight excluding hydrogens is 915 g/mol. The monoisotopic (exact) mass is 1020 g/mol. The van der Waals surface area contributed by atoms with Gasteiger partial charge in [-0.05, 0) is 296 Å². The predicted octanol–water partition coefficient (Wildman–Crippen LogP) is 21.9. The average molecular weight is 1020 g/mol. The van der Waals surface area contributed by atoms with E-state index in [-0.39, 0.29) is 16.2 Å². The number of nitrogen functional groups attached to an aromatic ring is 1. The van der Waals surface area contributed by atoms with Crippen LogP contribution in [0.1, 0.15) is 281 Å². The number of hydrogen-bond donors (Lipinski definition) is 1. The number of anilines is 1. The van der Waals surface area contributed by atoms with Gasteiger partial charge in [0.05, 0.1) is 5.41 Å². The molecule has 1 heteroatoms. The minimum atomic E-state index is -0.194. The molecule has 0 heterocycles. The van der Waals surface area contributed by atoms with Gasteiger partial charge in [0.15, 0.2) is 0 Å². The molecule has 0 aliphatic heterocycles. The van der Waals surface area contributed by atoms with Crippen molar-refractivity contribution in [2.75, 3.05) is 5.73 Å². The van der Waals surface area contributed by atoms with Crippen molar-refractivity contribution < 1.29 is 0 Å². The Morgan fingerprint density at radius 2 is 1.14 bits per heavy atom. The highest BCUT2D eigenvalue weighted by atomic mass is 14.6. The van der Waals surface area contributed by atoms with Gasteiger partial charge in [-0.1, -0.05) is 151 Å². The zero-order valence-corrected chi connectivity index (χ0v) is 52.4. The number of benzene rings is 4. The predicted molar refractivity (Wildman–Crippen MR) is 339 cm³/mol. The molecule has 4 aromatic rings. The molecule has 6 aliphatic carbocycles. The van der Waals surface area contributed by atoms with E-state index in [0.29, 0.717) is 17.3 Å². The van der Waals surface area contributed by atoms with Crippen LogP contribution in [0, 0.1) is 49.9 Å². The van der Waals surface area contributed by atoms with Gasteiger partial charge < -0.3 is 5.73 Å². The number of hydrogen-bond acceptors (Lipinski definition) is 1. The van der Waals surface area contributed by atoms with Gasteiger partial charge in [-0.3, -0.25) is 0 Å². The van der Waals surface area contributed by atoms with Crippen LogP contribution in [0.15, 0.2) is 79.4 Å². The van der Waals surface area contributed by atoms with Crippen LogP contribution in [-0.2, 0) is 31.1 Å². The SMILES string of the molecule is C=C(C)C(C)(C)CC(C)CC.C=C(C)CC.C=C1CC2(c3cc4c5c(c3Cc3c2cc2c6c3CCCC6C(C)(C)C=C2C)CCCC5C(C)(C)C=C4C)c2c(C)c(C)c(C)c(C)c21.CCC.CCCc1ccc(N)cc1. The second-order valence-electron chi connectivity index (χ2n) is 26.9. The Morgan fingerprint density at radius 1 is 0.697 bits per heavy atom. The summed E-state index contributed by atoms with van der Waals surface area (Å²) in [5.41, 5.74) is 40.7. The lowest BCUT2D eigenvalue weighted by Crippen LogP contribution is -2.39. The third-order valence-electron chi connectivity index (χ3n) is 19.6. The van der Waals surface area contributed by atoms with Gasteiger partial charge in [-0.2, -0.15) is 0 Å². The van der Waals surface area contributed by atoms with Crippen LogP contribution >= 0.6 is 0 Å². The van der Waals surface area contributed by atoms with Crippen molar-refractivity contribution in [2.24, 2.45) is 22.2 Å². The molecule has 0 amide bonds. The minimum Gasteiger partial charge on any atom is -0.399 e. The standard InChI is InChI=1S/C47H54.C11H22.C9H13N.C5H10.C3H8/c1-24-21-45(8,9)37-16-12-14-31-35-18-36-32-15-13-17-38-43(32)34(25(2)22-46(38,10)11)20-40(36)47(39(35)19-33(24)42(31)37)23-26(3)41-29(6)27(4)28(5)30(7)44(41)47;1-7-10(4)8-11(5,6)9(2)3;1-2-3-8-4-6-9(10)7-5-8;1-4-5(2)3;1-3-2/h19-22,37-38H,3,12-18,23H2,1-2,4-11H3;10H,2,7-8H2,1,3-6H3;4-7H,2-3,10H2,1H3;2,4H2,1,3H3;3H2,1-2H3. The molecule has 0 fully saturated rings. The first-order valence-electron chi connectivity index (χ1n) is 30.3. The number of aryl methyl sites for hydroxylation is 1. The molecule has 6 aliphatic rings. The highest BCUT2D eigenvalue weighted by Crippen LogP contribution is 2.64. The highest BCUT2D eigenvalue weighted by molar-refractivity contribution is 5.88. The van der Waals surface area contributed by atoms with E-state index < -0.39 is 0 Å². The largest absolute Gasteiger partial charge is 0.399 e. The second-order valence-corrected chi connectivity index (χ2v) is 26.9. The Morgan fingerprint density at radius 3 is 1.55 bits per heavy atom. The van der Waals surface area contributed by atoms with Crippen LogP contribution in [0.4, 0.5) is 5.69 Å². The van der Waals surface area contributed by atoms with E-state index in [0.717, 1.165) is 37.3 Å². The number of nitrogens with two attached hydrogens (primary N) is 1. The topological polar surface area (TPSA) is 26.0 Å². The molecule has 2 N–H and O–H groups in total. The Labute approximate surface area is 467 Å². The smallest absolute Gasteiger partial charge is 0.0506 e. The first kappa shape index (κ1) is 60.6. The first-order chi connectivity index (χ1) is 35.6. The zero-order valence-electron chi connectivity index (χ0n) is 52.4. The summed E-state index contributed by atoms with van der Waals surface area (Å²) in [7, 11) is 0. The summed E-state index contributed by atoms with van der Waals surface area (Å²) in [5.74, 6) is 2.06. The summed E-state index contributed by atoms with van der Waals surface area (Å²) in [6, 6.07) is 13.5. The molecule has 0 aromatic heterocycles. The van der Waals surface area contributed by atoms with Crippen molar-refractivity contribution in [2.45, 2.75) is 246 Å². The fraction of sp³-hybridized carbons (Fsp3) is 0.547. The van der Waals surface area contributed by atoms with Crippen LogP contribution in [0.2, 0.25) is 0 Å². The van der Waals surface area contributed by atoms with Gasteiger partial charge >= 0.3 is 0 Å². The zero-order chi connectivity index (χ0) is 56.6. The lowest BCUT2D eigenvalue weighted by molar-refractivity contribution is 0.325. The van der Waals surface area contributed by atoms with Crippen LogP contribution in [0.3, 0.4) is 0 Å². The molecule has 412 valence electrons. The molecular formula is C75H107N. The maximum Gasteiger partial charge on any atom is 0.0506 e. The molecule has 76 heavy (non-hydrogen) atoms. The lowest BCUT2D eigenvalue weighted by Gasteiger charge is -2.49. The molecule has 10 rings (SSSR count). The van der Waals surface area contributed by atoms with Crippen molar-refractivity contribution >= 4 is 22.4 Å². The third-order valence-corrected chi connectivity index (χ3v) is 19.6. The Hall–Kier alpha value is -4.62. The summed E-state index contributed by atoms with van der Waals surface area (Å²) < 4.78 is 0. The summed E-state index contributed by atoms with van der Waals surface area (Å²) >= 11 is 0. The summed E-state index contributed by atoms with van der Waals surface area (Å²) in [6.45, 7) is 58.7. The van der Waals surface area contributed by atoms with E-state index in [9.17, 15) is 0 Å². The molecule has 1 spiro atoms. The third kappa shape index (κ3) is 11.4. The van der Waals surface area contributed by atoms with Gasteiger partial charge in [-0.25, -0.2) is 0 Å². The lowest BCUT2D eigenvalue weighted by atomic mass is 9.54. The van der Waals surface area contributed by atoms with Crippen LogP contribution in [0.5, 0.6) is 0 Å². The molecule has 0 bridgehead atoms. The van der Waals surface area contributed by atoms with Crippen molar-refractivity contribution in [3.63, 3.8) is 0 Å². The molecule has 1 nitrogen and oxygen atoms in total. The molecule has 3 atom stereocenters. The molecule has 0 saturated heterocycles. The second kappa shape index (κ2) is 23.8. The van der Waals surface area contributed by atoms with Gasteiger partial charge in [-0.15, -0.1) is 6.58 Å². The van der Waals surface area contributed by atoms with Crippen molar-refractivity contribution in [3.8, 4) is 0 Å². The normalized spacial score (nSPS) is 20.8.